The Hall–Kier alpha value is -2.68. The minimum Gasteiger partial charge on any atom is -0.306 e. The van der Waals surface area contributed by atoms with Crippen LogP contribution in [0.15, 0.2) is 61.2 Å². The monoisotopic (exact) mass is 371 g/mol. The molecule has 1 atom stereocenters. The lowest BCUT2D eigenvalue weighted by molar-refractivity contribution is 0.284. The van der Waals surface area contributed by atoms with Crippen LogP contribution in [0.1, 0.15) is 58.4 Å². The van der Waals surface area contributed by atoms with Crippen LogP contribution in [-0.4, -0.2) is 14.5 Å². The molecule has 0 aliphatic carbocycles. The van der Waals surface area contributed by atoms with Crippen LogP contribution in [0, 0.1) is 5.41 Å². The molecule has 144 valence electrons. The molecule has 1 unspecified atom stereocenters. The summed E-state index contributed by atoms with van der Waals surface area (Å²) < 4.78 is 2.26. The molecule has 0 saturated heterocycles. The van der Waals surface area contributed by atoms with E-state index in [0.29, 0.717) is 11.3 Å². The van der Waals surface area contributed by atoms with Gasteiger partial charge in [-0.1, -0.05) is 46.2 Å². The van der Waals surface area contributed by atoms with Gasteiger partial charge in [-0.3, -0.25) is 9.97 Å². The Morgan fingerprint density at radius 2 is 1.46 bits per heavy atom. The van der Waals surface area contributed by atoms with Crippen LogP contribution in [0.3, 0.4) is 0 Å². The van der Waals surface area contributed by atoms with Crippen molar-refractivity contribution >= 4 is 21.8 Å². The highest BCUT2D eigenvalue weighted by Gasteiger charge is 2.21. The molecule has 4 aromatic rings. The molecule has 0 spiro atoms. The Morgan fingerprint density at radius 3 is 2.00 bits per heavy atom. The van der Waals surface area contributed by atoms with Crippen molar-refractivity contribution in [3.63, 3.8) is 0 Å². The first-order valence-corrected chi connectivity index (χ1v) is 10.3. The van der Waals surface area contributed by atoms with Gasteiger partial charge in [-0.15, -0.1) is 0 Å². The second-order valence-electron chi connectivity index (χ2n) is 8.73. The van der Waals surface area contributed by atoms with Crippen LogP contribution in [0.5, 0.6) is 0 Å². The average Bonchev–Trinajstić information content (AvgIpc) is 3.02. The van der Waals surface area contributed by atoms with Crippen molar-refractivity contribution in [3.8, 4) is 5.69 Å². The summed E-state index contributed by atoms with van der Waals surface area (Å²) in [5, 5.41) is 2.43. The molecule has 0 aliphatic rings. The molecule has 3 heterocycles. The van der Waals surface area contributed by atoms with Gasteiger partial charge in [-0.05, 0) is 54.0 Å². The van der Waals surface area contributed by atoms with Gasteiger partial charge in [-0.25, -0.2) is 0 Å². The van der Waals surface area contributed by atoms with Crippen LogP contribution in [0.4, 0.5) is 0 Å². The fourth-order valence-corrected chi connectivity index (χ4v) is 4.67. The van der Waals surface area contributed by atoms with Crippen molar-refractivity contribution < 1.29 is 0 Å². The third kappa shape index (κ3) is 3.42. The number of hydrogen-bond donors (Lipinski definition) is 0. The third-order valence-corrected chi connectivity index (χ3v) is 5.88. The van der Waals surface area contributed by atoms with Gasteiger partial charge in [0.15, 0.2) is 0 Å². The molecule has 1 aromatic carbocycles. The van der Waals surface area contributed by atoms with E-state index in [4.69, 9.17) is 0 Å². The second kappa shape index (κ2) is 7.38. The zero-order valence-corrected chi connectivity index (χ0v) is 17.3. The molecular weight excluding hydrogens is 342 g/mol. The minimum absolute atomic E-state index is 0.386. The number of hydrogen-bond acceptors (Lipinski definition) is 2. The van der Waals surface area contributed by atoms with Crippen molar-refractivity contribution in [2.24, 2.45) is 5.41 Å². The topological polar surface area (TPSA) is 30.7 Å². The van der Waals surface area contributed by atoms with E-state index in [2.05, 4.69) is 78.6 Å². The van der Waals surface area contributed by atoms with E-state index >= 15 is 0 Å². The highest BCUT2D eigenvalue weighted by molar-refractivity contribution is 6.08. The Balaban J connectivity index is 1.71. The SMILES string of the molecule is CCCC(C)(C)CC(C)c1ccc(-n2c3cnccc3c3ccncc32)cc1. The first-order chi connectivity index (χ1) is 13.5. The Labute approximate surface area is 167 Å². The Morgan fingerprint density at radius 1 is 0.893 bits per heavy atom. The lowest BCUT2D eigenvalue weighted by Crippen LogP contribution is -2.14. The predicted octanol–water partition coefficient (Wildman–Crippen LogP) is 6.89. The summed E-state index contributed by atoms with van der Waals surface area (Å²) >= 11 is 0. The van der Waals surface area contributed by atoms with Gasteiger partial charge in [0.25, 0.3) is 0 Å². The Kier molecular flexibility index (Phi) is 4.92. The molecular formula is C25H29N3. The van der Waals surface area contributed by atoms with Crippen molar-refractivity contribution in [2.75, 3.05) is 0 Å². The van der Waals surface area contributed by atoms with E-state index in [1.54, 1.807) is 0 Å². The fourth-order valence-electron chi connectivity index (χ4n) is 4.67. The minimum atomic E-state index is 0.386. The molecule has 0 saturated carbocycles. The molecule has 28 heavy (non-hydrogen) atoms. The van der Waals surface area contributed by atoms with Crippen LogP contribution in [-0.2, 0) is 0 Å². The fraction of sp³-hybridized carbons (Fsp3) is 0.360. The summed E-state index contributed by atoms with van der Waals surface area (Å²) in [6.45, 7) is 9.40. The van der Waals surface area contributed by atoms with E-state index in [1.165, 1.54) is 35.6 Å². The highest BCUT2D eigenvalue weighted by Crippen LogP contribution is 2.36. The van der Waals surface area contributed by atoms with Crippen molar-refractivity contribution in [2.45, 2.75) is 52.9 Å². The molecule has 0 amide bonds. The molecule has 3 nitrogen and oxygen atoms in total. The summed E-state index contributed by atoms with van der Waals surface area (Å²) in [6.07, 6.45) is 11.3. The quantitative estimate of drug-likeness (QED) is 0.369. The van der Waals surface area contributed by atoms with Gasteiger partial charge in [0.05, 0.1) is 23.4 Å². The summed E-state index contributed by atoms with van der Waals surface area (Å²) in [7, 11) is 0. The number of rotatable bonds is 6. The van der Waals surface area contributed by atoms with Crippen molar-refractivity contribution in [3.05, 3.63) is 66.7 Å². The molecule has 4 rings (SSSR count). The van der Waals surface area contributed by atoms with Crippen LogP contribution in [0.25, 0.3) is 27.5 Å². The molecule has 0 aliphatic heterocycles. The number of fused-ring (bicyclic) bond motifs is 3. The van der Waals surface area contributed by atoms with E-state index in [0.717, 1.165) is 16.7 Å². The van der Waals surface area contributed by atoms with Crippen LogP contribution >= 0.6 is 0 Å². The van der Waals surface area contributed by atoms with E-state index in [-0.39, 0.29) is 0 Å². The first kappa shape index (κ1) is 18.7. The highest BCUT2D eigenvalue weighted by atomic mass is 15.0. The molecule has 0 N–H and O–H groups in total. The van der Waals surface area contributed by atoms with E-state index in [9.17, 15) is 0 Å². The van der Waals surface area contributed by atoms with Gasteiger partial charge >= 0.3 is 0 Å². The lowest BCUT2D eigenvalue weighted by atomic mass is 9.78. The third-order valence-electron chi connectivity index (χ3n) is 5.88. The van der Waals surface area contributed by atoms with Gasteiger partial charge < -0.3 is 4.57 Å². The largest absolute Gasteiger partial charge is 0.306 e. The summed E-state index contributed by atoms with van der Waals surface area (Å²) in [5.41, 5.74) is 5.19. The number of aromatic nitrogens is 3. The summed E-state index contributed by atoms with van der Waals surface area (Å²) in [5.74, 6) is 0.553. The smallest absolute Gasteiger partial charge is 0.0725 e. The van der Waals surface area contributed by atoms with Gasteiger partial charge in [0.2, 0.25) is 0 Å². The van der Waals surface area contributed by atoms with Gasteiger partial charge in [0, 0.05) is 28.9 Å². The maximum atomic E-state index is 4.36. The number of nitrogens with zero attached hydrogens (tertiary/aromatic N) is 3. The van der Waals surface area contributed by atoms with E-state index in [1.807, 2.05) is 24.8 Å². The zero-order valence-electron chi connectivity index (χ0n) is 17.3. The van der Waals surface area contributed by atoms with Crippen LogP contribution < -0.4 is 0 Å². The molecule has 3 heteroatoms. The predicted molar refractivity (Wildman–Crippen MR) is 118 cm³/mol. The van der Waals surface area contributed by atoms with E-state index < -0.39 is 0 Å². The molecule has 0 radical (unpaired) electrons. The maximum absolute atomic E-state index is 4.36. The summed E-state index contributed by atoms with van der Waals surface area (Å²) in [4.78, 5) is 8.71. The van der Waals surface area contributed by atoms with Gasteiger partial charge in [-0.2, -0.15) is 0 Å². The zero-order chi connectivity index (χ0) is 19.7. The summed E-state index contributed by atoms with van der Waals surface area (Å²) in [6, 6.07) is 13.2. The maximum Gasteiger partial charge on any atom is 0.0725 e. The lowest BCUT2D eigenvalue weighted by Gasteiger charge is -2.28. The van der Waals surface area contributed by atoms with Gasteiger partial charge in [0.1, 0.15) is 0 Å². The normalized spacial score (nSPS) is 13.3. The first-order valence-electron chi connectivity index (χ1n) is 10.3. The molecule has 0 fully saturated rings. The molecule has 3 aromatic heterocycles. The number of pyridine rings is 2. The standard InChI is InChI=1S/C25H29N3/c1-5-12-25(3,4)15-18(2)19-6-8-20(9-7-19)28-23-16-26-13-10-21(23)22-11-14-27-17-24(22)28/h6-11,13-14,16-18H,5,12,15H2,1-4H3. The second-order valence-corrected chi connectivity index (χ2v) is 8.73. The Bertz CT molecular complexity index is 1040. The average molecular weight is 372 g/mol. The van der Waals surface area contributed by atoms with Crippen LogP contribution in [0.2, 0.25) is 0 Å². The van der Waals surface area contributed by atoms with Crippen molar-refractivity contribution in [1.82, 2.24) is 14.5 Å². The number of benzene rings is 1. The molecule has 0 bridgehead atoms. The van der Waals surface area contributed by atoms with Crippen molar-refractivity contribution in [1.29, 1.82) is 0 Å².